The number of aromatic nitrogens is 2. The lowest BCUT2D eigenvalue weighted by Gasteiger charge is -2.33. The summed E-state index contributed by atoms with van der Waals surface area (Å²) in [7, 11) is 2.19. The van der Waals surface area contributed by atoms with E-state index in [0.717, 1.165) is 63.0 Å². The summed E-state index contributed by atoms with van der Waals surface area (Å²) in [4.78, 5) is 12.0. The number of benzene rings is 1. The maximum Gasteiger partial charge on any atom is 0.140 e. The fourth-order valence-corrected chi connectivity index (χ4v) is 4.29. The molecule has 2 saturated heterocycles. The van der Waals surface area contributed by atoms with Crippen molar-refractivity contribution in [3.8, 4) is 17.1 Å². The molecule has 28 heavy (non-hydrogen) atoms. The number of nitrogens with zero attached hydrogens (tertiary/aromatic N) is 5. The topological polar surface area (TPSA) is 36.8 Å². The zero-order valence-corrected chi connectivity index (χ0v) is 17.3. The van der Waals surface area contributed by atoms with E-state index in [2.05, 4.69) is 68.7 Å². The second-order valence-electron chi connectivity index (χ2n) is 8.01. The van der Waals surface area contributed by atoms with Crippen molar-refractivity contribution in [2.45, 2.75) is 19.4 Å². The lowest BCUT2D eigenvalue weighted by Crippen LogP contribution is -2.47. The van der Waals surface area contributed by atoms with Crippen molar-refractivity contribution >= 4 is 0 Å². The van der Waals surface area contributed by atoms with Gasteiger partial charge in [0.15, 0.2) is 0 Å². The molecule has 2 aliphatic heterocycles. The van der Waals surface area contributed by atoms with Crippen LogP contribution in [0.2, 0.25) is 0 Å². The van der Waals surface area contributed by atoms with Gasteiger partial charge in [-0.05, 0) is 50.8 Å². The highest BCUT2D eigenvalue weighted by Gasteiger charge is 2.23. The van der Waals surface area contributed by atoms with Gasteiger partial charge in [0.25, 0.3) is 0 Å². The van der Waals surface area contributed by atoms with Crippen molar-refractivity contribution in [2.75, 3.05) is 66.0 Å². The third kappa shape index (κ3) is 4.57. The predicted molar refractivity (Wildman–Crippen MR) is 113 cm³/mol. The van der Waals surface area contributed by atoms with Gasteiger partial charge in [-0.3, -0.25) is 4.90 Å². The fourth-order valence-electron chi connectivity index (χ4n) is 4.29. The number of rotatable bonds is 7. The summed E-state index contributed by atoms with van der Waals surface area (Å²) in [5.41, 5.74) is 1.16. The normalized spacial score (nSPS) is 22.0. The Morgan fingerprint density at radius 3 is 2.46 bits per heavy atom. The molecule has 6 nitrogen and oxygen atoms in total. The van der Waals surface area contributed by atoms with Gasteiger partial charge in [0.2, 0.25) is 0 Å². The van der Waals surface area contributed by atoms with Crippen LogP contribution in [0.15, 0.2) is 36.7 Å². The molecule has 0 N–H and O–H groups in total. The first-order chi connectivity index (χ1) is 13.7. The second-order valence-corrected chi connectivity index (χ2v) is 8.01. The molecule has 1 aromatic carbocycles. The van der Waals surface area contributed by atoms with Crippen LogP contribution in [0.5, 0.6) is 5.75 Å². The third-order valence-corrected chi connectivity index (χ3v) is 6.13. The number of ether oxygens (including phenoxy) is 1. The average molecular weight is 384 g/mol. The molecule has 0 spiro atoms. The first-order valence-electron chi connectivity index (χ1n) is 10.6. The highest BCUT2D eigenvalue weighted by atomic mass is 16.5. The quantitative estimate of drug-likeness (QED) is 0.734. The number of likely N-dealkylation sites (tertiary alicyclic amines) is 1. The largest absolute Gasteiger partial charge is 0.492 e. The second kappa shape index (κ2) is 9.07. The highest BCUT2D eigenvalue weighted by Crippen LogP contribution is 2.28. The van der Waals surface area contributed by atoms with Gasteiger partial charge < -0.3 is 19.1 Å². The molecule has 2 aromatic rings. The molecule has 0 aliphatic carbocycles. The summed E-state index contributed by atoms with van der Waals surface area (Å²) >= 11 is 0. The Kier molecular flexibility index (Phi) is 6.29. The number of imidazole rings is 1. The minimum atomic E-state index is 0.520. The molecule has 0 amide bonds. The van der Waals surface area contributed by atoms with Gasteiger partial charge in [0.05, 0.1) is 0 Å². The van der Waals surface area contributed by atoms with Crippen molar-refractivity contribution < 1.29 is 4.74 Å². The summed E-state index contributed by atoms with van der Waals surface area (Å²) in [6.45, 7) is 12.0. The van der Waals surface area contributed by atoms with Gasteiger partial charge in [-0.1, -0.05) is 6.92 Å². The summed E-state index contributed by atoms with van der Waals surface area (Å²) in [6, 6.07) is 8.93. The van der Waals surface area contributed by atoms with Crippen molar-refractivity contribution in [3.63, 3.8) is 0 Å². The molecule has 152 valence electrons. The van der Waals surface area contributed by atoms with Crippen LogP contribution in [0.3, 0.4) is 0 Å². The smallest absolute Gasteiger partial charge is 0.140 e. The Morgan fingerprint density at radius 1 is 1.04 bits per heavy atom. The van der Waals surface area contributed by atoms with Crippen molar-refractivity contribution in [2.24, 2.45) is 0 Å². The van der Waals surface area contributed by atoms with Crippen LogP contribution in [0.4, 0.5) is 0 Å². The monoisotopic (exact) mass is 383 g/mol. The van der Waals surface area contributed by atoms with Gasteiger partial charge >= 0.3 is 0 Å². The minimum Gasteiger partial charge on any atom is -0.492 e. The van der Waals surface area contributed by atoms with E-state index in [-0.39, 0.29) is 0 Å². The van der Waals surface area contributed by atoms with E-state index in [1.165, 1.54) is 19.5 Å². The number of hydrogen-bond acceptors (Lipinski definition) is 5. The summed E-state index contributed by atoms with van der Waals surface area (Å²) < 4.78 is 8.32. The Bertz CT molecular complexity index is 736. The van der Waals surface area contributed by atoms with Crippen molar-refractivity contribution in [3.05, 3.63) is 36.7 Å². The summed E-state index contributed by atoms with van der Waals surface area (Å²) in [5.74, 6) is 2.00. The molecule has 3 heterocycles. The lowest BCUT2D eigenvalue weighted by atomic mass is 10.2. The van der Waals surface area contributed by atoms with E-state index >= 15 is 0 Å². The summed E-state index contributed by atoms with van der Waals surface area (Å²) in [5, 5.41) is 0. The first kappa shape index (κ1) is 19.4. The Balaban J connectivity index is 1.29. The van der Waals surface area contributed by atoms with E-state index in [0.29, 0.717) is 6.04 Å². The molecule has 1 atom stereocenters. The molecule has 4 rings (SSSR count). The van der Waals surface area contributed by atoms with Crippen LogP contribution in [-0.2, 0) is 0 Å². The zero-order valence-electron chi connectivity index (χ0n) is 17.3. The first-order valence-corrected chi connectivity index (χ1v) is 10.6. The van der Waals surface area contributed by atoms with E-state index in [1.807, 2.05) is 6.20 Å². The highest BCUT2D eigenvalue weighted by molar-refractivity contribution is 5.57. The number of hydrogen-bond donors (Lipinski definition) is 0. The maximum absolute atomic E-state index is 5.99. The maximum atomic E-state index is 5.99. The molecule has 1 aromatic heterocycles. The molecular formula is C22H33N5O. The average Bonchev–Trinajstić information content (AvgIpc) is 3.38. The van der Waals surface area contributed by atoms with Gasteiger partial charge in [0.1, 0.15) is 18.2 Å². The SMILES string of the molecule is CCN1CCN(CCOc2ccc(-c3nccn3C3CCN(C)C3)cc2)CC1. The standard InChI is InChI=1S/C22H33N5O/c1-3-25-12-14-26(15-13-25)16-17-28-21-6-4-19(5-7-21)22-23-9-11-27(22)20-8-10-24(2)18-20/h4-7,9,11,20H,3,8,10,12-18H2,1-2H3. The van der Waals surface area contributed by atoms with Gasteiger partial charge in [-0.25, -0.2) is 4.98 Å². The molecule has 6 heteroatoms. The molecule has 1 unspecified atom stereocenters. The van der Waals surface area contributed by atoms with E-state index in [1.54, 1.807) is 0 Å². The van der Waals surface area contributed by atoms with Gasteiger partial charge in [-0.15, -0.1) is 0 Å². The van der Waals surface area contributed by atoms with Crippen LogP contribution >= 0.6 is 0 Å². The third-order valence-electron chi connectivity index (χ3n) is 6.13. The fraction of sp³-hybridized carbons (Fsp3) is 0.591. The van der Waals surface area contributed by atoms with Crippen molar-refractivity contribution in [1.82, 2.24) is 24.3 Å². The molecule has 0 bridgehead atoms. The predicted octanol–water partition coefficient (Wildman–Crippen LogP) is 2.44. The Labute approximate surface area is 168 Å². The molecular weight excluding hydrogens is 350 g/mol. The van der Waals surface area contributed by atoms with Crippen LogP contribution in [-0.4, -0.2) is 90.3 Å². The summed E-state index contributed by atoms with van der Waals surface area (Å²) in [6.07, 6.45) is 5.21. The van der Waals surface area contributed by atoms with Crippen LogP contribution in [0.1, 0.15) is 19.4 Å². The van der Waals surface area contributed by atoms with Crippen molar-refractivity contribution in [1.29, 1.82) is 0 Å². The number of piperazine rings is 1. The zero-order chi connectivity index (χ0) is 19.3. The lowest BCUT2D eigenvalue weighted by molar-refractivity contribution is 0.121. The molecule has 0 radical (unpaired) electrons. The molecule has 2 fully saturated rings. The van der Waals surface area contributed by atoms with Gasteiger partial charge in [-0.2, -0.15) is 0 Å². The Morgan fingerprint density at radius 2 is 1.79 bits per heavy atom. The molecule has 0 saturated carbocycles. The van der Waals surface area contributed by atoms with Crippen LogP contribution in [0.25, 0.3) is 11.4 Å². The van der Waals surface area contributed by atoms with Crippen LogP contribution < -0.4 is 4.74 Å². The Hall–Kier alpha value is -1.89. The van der Waals surface area contributed by atoms with E-state index in [4.69, 9.17) is 4.74 Å². The minimum absolute atomic E-state index is 0.520. The van der Waals surface area contributed by atoms with Gasteiger partial charge in [0, 0.05) is 63.3 Å². The van der Waals surface area contributed by atoms with Crippen LogP contribution in [0, 0.1) is 0 Å². The van der Waals surface area contributed by atoms with E-state index in [9.17, 15) is 0 Å². The molecule has 2 aliphatic rings. The van der Waals surface area contributed by atoms with E-state index < -0.39 is 0 Å². The number of likely N-dealkylation sites (N-methyl/N-ethyl adjacent to an activating group) is 2.